The number of carbonyl (C=O) groups is 3. The van der Waals surface area contributed by atoms with Gasteiger partial charge in [0.2, 0.25) is 17.7 Å². The molecule has 0 spiro atoms. The zero-order chi connectivity index (χ0) is 21.3. The highest BCUT2D eigenvalue weighted by atomic mass is 16.2. The average Bonchev–Trinajstić information content (AvgIpc) is 2.99. The van der Waals surface area contributed by atoms with Gasteiger partial charge in [0.1, 0.15) is 0 Å². The summed E-state index contributed by atoms with van der Waals surface area (Å²) in [5, 5.41) is 11.9. The van der Waals surface area contributed by atoms with Crippen LogP contribution in [-0.4, -0.2) is 22.6 Å². The molecule has 4 atom stereocenters. The molecular weight excluding hydrogens is 378 g/mol. The van der Waals surface area contributed by atoms with Crippen LogP contribution in [-0.2, 0) is 20.9 Å². The van der Waals surface area contributed by atoms with Gasteiger partial charge in [0.15, 0.2) is 0 Å². The first kappa shape index (κ1) is 19.6. The van der Waals surface area contributed by atoms with E-state index in [9.17, 15) is 14.4 Å². The van der Waals surface area contributed by atoms with E-state index in [-0.39, 0.29) is 30.2 Å². The summed E-state index contributed by atoms with van der Waals surface area (Å²) in [5.41, 5.74) is 1.79. The summed E-state index contributed by atoms with van der Waals surface area (Å²) in [7, 11) is 0. The molecule has 1 heterocycles. The van der Waals surface area contributed by atoms with E-state index >= 15 is 0 Å². The van der Waals surface area contributed by atoms with E-state index < -0.39 is 17.8 Å². The quantitative estimate of drug-likeness (QED) is 0.632. The number of nitrogens with zero attached hydrogens (tertiary/aromatic N) is 2. The van der Waals surface area contributed by atoms with Crippen molar-refractivity contribution < 1.29 is 14.4 Å². The Balaban J connectivity index is 1.59. The molecule has 3 amide bonds. The van der Waals surface area contributed by atoms with Gasteiger partial charge in [0, 0.05) is 5.69 Å². The smallest absolute Gasteiger partial charge is 0.237 e. The van der Waals surface area contributed by atoms with Crippen LogP contribution in [0.15, 0.2) is 66.7 Å². The number of anilines is 1. The first-order valence-corrected chi connectivity index (χ1v) is 9.88. The number of carbonyl (C=O) groups excluding carboxylic acids is 3. The normalized spacial score (nSPS) is 25.0. The summed E-state index contributed by atoms with van der Waals surface area (Å²) in [4.78, 5) is 40.6. The molecule has 4 rings (SSSR count). The van der Waals surface area contributed by atoms with Gasteiger partial charge in [-0.1, -0.05) is 55.5 Å². The number of likely N-dealkylation sites (tertiary alicyclic amines) is 1. The highest BCUT2D eigenvalue weighted by Gasteiger charge is 2.54. The van der Waals surface area contributed by atoms with Gasteiger partial charge in [-0.05, 0) is 29.7 Å². The zero-order valence-corrected chi connectivity index (χ0v) is 16.5. The van der Waals surface area contributed by atoms with Crippen molar-refractivity contribution in [1.82, 2.24) is 4.90 Å². The lowest BCUT2D eigenvalue weighted by Gasteiger charge is -2.30. The molecule has 1 saturated heterocycles. The zero-order valence-electron chi connectivity index (χ0n) is 16.5. The minimum absolute atomic E-state index is 0.196. The molecule has 0 aromatic heterocycles. The molecule has 0 radical (unpaired) electrons. The molecule has 1 fully saturated rings. The van der Waals surface area contributed by atoms with Crippen molar-refractivity contribution in [3.05, 3.63) is 77.9 Å². The van der Waals surface area contributed by atoms with Crippen LogP contribution >= 0.6 is 0 Å². The fourth-order valence-corrected chi connectivity index (χ4v) is 4.31. The molecule has 0 bridgehead atoms. The number of hydrogen-bond donors (Lipinski definition) is 1. The Hall–Kier alpha value is -3.72. The highest BCUT2D eigenvalue weighted by molar-refractivity contribution is 6.09. The van der Waals surface area contributed by atoms with E-state index in [1.807, 2.05) is 49.4 Å². The van der Waals surface area contributed by atoms with E-state index in [0.29, 0.717) is 11.3 Å². The van der Waals surface area contributed by atoms with E-state index in [1.54, 1.807) is 30.3 Å². The van der Waals surface area contributed by atoms with Crippen molar-refractivity contribution in [2.24, 2.45) is 23.7 Å². The van der Waals surface area contributed by atoms with Gasteiger partial charge in [0.05, 0.1) is 35.9 Å². The van der Waals surface area contributed by atoms with Crippen LogP contribution in [0.4, 0.5) is 5.69 Å². The first-order chi connectivity index (χ1) is 14.5. The van der Waals surface area contributed by atoms with Crippen molar-refractivity contribution in [3.63, 3.8) is 0 Å². The summed E-state index contributed by atoms with van der Waals surface area (Å²) in [6.45, 7) is 2.08. The second-order valence-electron chi connectivity index (χ2n) is 7.75. The molecule has 150 valence electrons. The summed E-state index contributed by atoms with van der Waals surface area (Å²) in [6, 6.07) is 18.0. The Morgan fingerprint density at radius 3 is 2.57 bits per heavy atom. The summed E-state index contributed by atoms with van der Waals surface area (Å²) >= 11 is 0. The fourth-order valence-electron chi connectivity index (χ4n) is 4.31. The van der Waals surface area contributed by atoms with E-state index in [4.69, 9.17) is 5.26 Å². The van der Waals surface area contributed by atoms with E-state index in [1.165, 1.54) is 4.90 Å². The van der Waals surface area contributed by atoms with Gasteiger partial charge < -0.3 is 5.32 Å². The predicted octanol–water partition coefficient (Wildman–Crippen LogP) is 3.12. The number of nitriles is 1. The largest absolute Gasteiger partial charge is 0.326 e. The van der Waals surface area contributed by atoms with Gasteiger partial charge in [-0.15, -0.1) is 0 Å². The molecule has 0 unspecified atom stereocenters. The van der Waals surface area contributed by atoms with Gasteiger partial charge in [-0.3, -0.25) is 19.3 Å². The fraction of sp³-hybridized carbons (Fsp3) is 0.250. The molecule has 1 N–H and O–H groups in total. The van der Waals surface area contributed by atoms with Crippen LogP contribution in [0.1, 0.15) is 18.1 Å². The molecular formula is C24H21N3O3. The van der Waals surface area contributed by atoms with Crippen LogP contribution in [0.25, 0.3) is 0 Å². The predicted molar refractivity (Wildman–Crippen MR) is 111 cm³/mol. The molecule has 1 aliphatic carbocycles. The molecule has 2 aliphatic rings. The Labute approximate surface area is 174 Å². The lowest BCUT2D eigenvalue weighted by atomic mass is 9.71. The SMILES string of the molecule is C[C@@H]1C=C[C@@H]2C(=O)N(Cc3ccccc3)C(=O)[C@@H]2[C@H]1C(=O)Nc1cccc(C#N)c1. The average molecular weight is 399 g/mol. The Morgan fingerprint density at radius 1 is 1.07 bits per heavy atom. The summed E-state index contributed by atoms with van der Waals surface area (Å²) in [5.74, 6) is -3.10. The minimum Gasteiger partial charge on any atom is -0.326 e. The maximum atomic E-state index is 13.2. The van der Waals surface area contributed by atoms with Gasteiger partial charge in [-0.2, -0.15) is 5.26 Å². The van der Waals surface area contributed by atoms with Crippen molar-refractivity contribution in [3.8, 4) is 6.07 Å². The highest BCUT2D eigenvalue weighted by Crippen LogP contribution is 2.42. The Kier molecular flexibility index (Phi) is 5.20. The minimum atomic E-state index is -0.722. The topological polar surface area (TPSA) is 90.3 Å². The van der Waals surface area contributed by atoms with Crippen molar-refractivity contribution in [2.45, 2.75) is 13.5 Å². The number of imide groups is 1. The lowest BCUT2D eigenvalue weighted by molar-refractivity contribution is -0.142. The second kappa shape index (κ2) is 7.96. The molecule has 30 heavy (non-hydrogen) atoms. The van der Waals surface area contributed by atoms with Crippen molar-refractivity contribution in [1.29, 1.82) is 5.26 Å². The molecule has 2 aromatic carbocycles. The van der Waals surface area contributed by atoms with Crippen LogP contribution in [0.2, 0.25) is 0 Å². The molecule has 0 saturated carbocycles. The third-order valence-electron chi connectivity index (χ3n) is 5.81. The lowest BCUT2D eigenvalue weighted by Crippen LogP contribution is -2.41. The van der Waals surface area contributed by atoms with Crippen LogP contribution < -0.4 is 5.32 Å². The molecule has 2 aromatic rings. The molecule has 6 nitrogen and oxygen atoms in total. The second-order valence-corrected chi connectivity index (χ2v) is 7.75. The number of nitrogens with one attached hydrogen (secondary N) is 1. The van der Waals surface area contributed by atoms with Gasteiger partial charge in [-0.25, -0.2) is 0 Å². The Bertz CT molecular complexity index is 1070. The van der Waals surface area contributed by atoms with E-state index in [2.05, 4.69) is 5.32 Å². The Morgan fingerprint density at radius 2 is 1.83 bits per heavy atom. The van der Waals surface area contributed by atoms with Crippen molar-refractivity contribution in [2.75, 3.05) is 5.32 Å². The maximum absolute atomic E-state index is 13.2. The number of fused-ring (bicyclic) bond motifs is 1. The maximum Gasteiger partial charge on any atom is 0.237 e. The number of amides is 3. The van der Waals surface area contributed by atoms with Gasteiger partial charge in [0.25, 0.3) is 0 Å². The molecule has 6 heteroatoms. The third kappa shape index (κ3) is 3.50. The number of benzene rings is 2. The summed E-state index contributed by atoms with van der Waals surface area (Å²) < 4.78 is 0. The number of rotatable bonds is 4. The third-order valence-corrected chi connectivity index (χ3v) is 5.81. The van der Waals surface area contributed by atoms with Gasteiger partial charge >= 0.3 is 0 Å². The van der Waals surface area contributed by atoms with Crippen LogP contribution in [0, 0.1) is 35.0 Å². The van der Waals surface area contributed by atoms with Crippen molar-refractivity contribution >= 4 is 23.4 Å². The van der Waals surface area contributed by atoms with E-state index in [0.717, 1.165) is 5.56 Å². The molecule has 1 aliphatic heterocycles. The number of allylic oxidation sites excluding steroid dienone is 1. The van der Waals surface area contributed by atoms with Crippen LogP contribution in [0.5, 0.6) is 0 Å². The summed E-state index contributed by atoms with van der Waals surface area (Å²) in [6.07, 6.45) is 3.61. The monoisotopic (exact) mass is 399 g/mol. The van der Waals surface area contributed by atoms with Crippen LogP contribution in [0.3, 0.4) is 0 Å². The standard InChI is InChI=1S/C24H21N3O3/c1-15-10-11-19-21(20(15)22(28)26-18-9-5-8-17(12-18)13-25)24(30)27(23(19)29)14-16-6-3-2-4-7-16/h2-12,15,19-21H,14H2,1H3,(H,26,28)/t15-,19+,20+,21+/m1/s1. The number of hydrogen-bond acceptors (Lipinski definition) is 4. The first-order valence-electron chi connectivity index (χ1n) is 9.88.